The minimum Gasteiger partial charge on any atom is -0.497 e. The molecule has 0 atom stereocenters. The Morgan fingerprint density at radius 3 is 2.76 bits per heavy atom. The SMILES string of the molecule is COc1ccc(Cl)c(Nc2cncc(Cl)n2)c1. The van der Waals surface area contributed by atoms with Crippen molar-refractivity contribution in [2.45, 2.75) is 0 Å². The van der Waals surface area contributed by atoms with E-state index >= 15 is 0 Å². The molecule has 2 rings (SSSR count). The molecule has 0 amide bonds. The van der Waals surface area contributed by atoms with Crippen molar-refractivity contribution in [3.8, 4) is 5.75 Å². The molecule has 0 fully saturated rings. The Morgan fingerprint density at radius 2 is 2.06 bits per heavy atom. The summed E-state index contributed by atoms with van der Waals surface area (Å²) in [5.41, 5.74) is 0.683. The number of hydrogen-bond donors (Lipinski definition) is 1. The van der Waals surface area contributed by atoms with Gasteiger partial charge in [-0.05, 0) is 12.1 Å². The van der Waals surface area contributed by atoms with E-state index < -0.39 is 0 Å². The Balaban J connectivity index is 2.29. The molecule has 2 aromatic rings. The number of aromatic nitrogens is 2. The molecule has 0 spiro atoms. The second kappa shape index (κ2) is 5.21. The van der Waals surface area contributed by atoms with Crippen LogP contribution in [0.4, 0.5) is 11.5 Å². The van der Waals surface area contributed by atoms with Crippen molar-refractivity contribution in [2.24, 2.45) is 0 Å². The summed E-state index contributed by atoms with van der Waals surface area (Å²) in [5, 5.41) is 3.89. The Hall–Kier alpha value is -1.52. The van der Waals surface area contributed by atoms with Crippen molar-refractivity contribution in [2.75, 3.05) is 12.4 Å². The lowest BCUT2D eigenvalue weighted by Crippen LogP contribution is -1.96. The van der Waals surface area contributed by atoms with Gasteiger partial charge in [-0.25, -0.2) is 4.98 Å². The molecule has 0 aliphatic carbocycles. The predicted octanol–water partition coefficient (Wildman–Crippen LogP) is 3.54. The van der Waals surface area contributed by atoms with Crippen LogP contribution >= 0.6 is 23.2 Å². The maximum atomic E-state index is 6.04. The molecule has 0 bridgehead atoms. The highest BCUT2D eigenvalue weighted by Crippen LogP contribution is 2.28. The van der Waals surface area contributed by atoms with Crippen LogP contribution in [0.3, 0.4) is 0 Å². The monoisotopic (exact) mass is 269 g/mol. The second-order valence-electron chi connectivity index (χ2n) is 3.20. The highest BCUT2D eigenvalue weighted by atomic mass is 35.5. The first-order chi connectivity index (χ1) is 8.19. The molecular formula is C11H9Cl2N3O. The van der Waals surface area contributed by atoms with Gasteiger partial charge < -0.3 is 10.1 Å². The van der Waals surface area contributed by atoms with E-state index in [4.69, 9.17) is 27.9 Å². The fourth-order valence-electron chi connectivity index (χ4n) is 1.27. The molecule has 1 N–H and O–H groups in total. The number of rotatable bonds is 3. The summed E-state index contributed by atoms with van der Waals surface area (Å²) >= 11 is 11.8. The van der Waals surface area contributed by atoms with Gasteiger partial charge in [-0.1, -0.05) is 23.2 Å². The molecular weight excluding hydrogens is 261 g/mol. The highest BCUT2D eigenvalue weighted by molar-refractivity contribution is 6.33. The molecule has 0 aliphatic rings. The first-order valence-electron chi connectivity index (χ1n) is 4.77. The van der Waals surface area contributed by atoms with Crippen LogP contribution in [0.1, 0.15) is 0 Å². The lowest BCUT2D eigenvalue weighted by atomic mass is 10.3. The minimum atomic E-state index is 0.314. The molecule has 0 aliphatic heterocycles. The number of benzene rings is 1. The van der Waals surface area contributed by atoms with Crippen molar-refractivity contribution in [1.82, 2.24) is 9.97 Å². The van der Waals surface area contributed by atoms with Gasteiger partial charge in [-0.15, -0.1) is 0 Å². The van der Waals surface area contributed by atoms with E-state index in [1.807, 2.05) is 0 Å². The molecule has 4 nitrogen and oxygen atoms in total. The zero-order valence-corrected chi connectivity index (χ0v) is 10.5. The Bertz CT molecular complexity index is 534. The van der Waals surface area contributed by atoms with Gasteiger partial charge in [0, 0.05) is 6.07 Å². The van der Waals surface area contributed by atoms with Crippen LogP contribution in [0, 0.1) is 0 Å². The first-order valence-corrected chi connectivity index (χ1v) is 5.53. The molecule has 6 heteroatoms. The quantitative estimate of drug-likeness (QED) is 0.926. The number of methoxy groups -OCH3 is 1. The van der Waals surface area contributed by atoms with Crippen LogP contribution in [0.2, 0.25) is 10.2 Å². The Labute approximate surface area is 109 Å². The van der Waals surface area contributed by atoms with E-state index in [0.29, 0.717) is 27.4 Å². The summed E-state index contributed by atoms with van der Waals surface area (Å²) in [6.07, 6.45) is 3.02. The van der Waals surface area contributed by atoms with Gasteiger partial charge >= 0.3 is 0 Å². The van der Waals surface area contributed by atoms with Gasteiger partial charge in [0.1, 0.15) is 10.9 Å². The summed E-state index contributed by atoms with van der Waals surface area (Å²) < 4.78 is 5.11. The first kappa shape index (κ1) is 12.0. The van der Waals surface area contributed by atoms with Crippen molar-refractivity contribution >= 4 is 34.7 Å². The number of nitrogens with one attached hydrogen (secondary N) is 1. The van der Waals surface area contributed by atoms with E-state index in [1.165, 1.54) is 6.20 Å². The normalized spacial score (nSPS) is 10.1. The lowest BCUT2D eigenvalue weighted by Gasteiger charge is -2.09. The second-order valence-corrected chi connectivity index (χ2v) is 3.99. The van der Waals surface area contributed by atoms with Crippen molar-refractivity contribution in [3.63, 3.8) is 0 Å². The molecule has 1 heterocycles. The summed E-state index contributed by atoms with van der Waals surface area (Å²) in [6.45, 7) is 0. The zero-order valence-electron chi connectivity index (χ0n) is 8.95. The molecule has 1 aromatic heterocycles. The topological polar surface area (TPSA) is 47.0 Å². The van der Waals surface area contributed by atoms with Gasteiger partial charge in [-0.2, -0.15) is 0 Å². The standard InChI is InChI=1S/C11H9Cl2N3O/c1-17-7-2-3-8(12)9(4-7)15-11-6-14-5-10(13)16-11/h2-6H,1H3,(H,15,16). The smallest absolute Gasteiger partial charge is 0.150 e. The third-order valence-electron chi connectivity index (χ3n) is 2.04. The van der Waals surface area contributed by atoms with Gasteiger partial charge in [-0.3, -0.25) is 4.98 Å². The third kappa shape index (κ3) is 2.99. The van der Waals surface area contributed by atoms with Crippen molar-refractivity contribution in [1.29, 1.82) is 0 Å². The summed E-state index contributed by atoms with van der Waals surface area (Å²) in [6, 6.07) is 5.28. The lowest BCUT2D eigenvalue weighted by molar-refractivity contribution is 0.415. The van der Waals surface area contributed by atoms with Crippen LogP contribution < -0.4 is 10.1 Å². The number of halogens is 2. The van der Waals surface area contributed by atoms with Crippen molar-refractivity contribution in [3.05, 3.63) is 40.8 Å². The molecule has 0 saturated carbocycles. The van der Waals surface area contributed by atoms with Crippen LogP contribution in [-0.2, 0) is 0 Å². The highest BCUT2D eigenvalue weighted by Gasteiger charge is 2.04. The van der Waals surface area contributed by atoms with E-state index in [-0.39, 0.29) is 0 Å². The van der Waals surface area contributed by atoms with Crippen LogP contribution in [-0.4, -0.2) is 17.1 Å². The predicted molar refractivity (Wildman–Crippen MR) is 68.3 cm³/mol. The number of hydrogen-bond acceptors (Lipinski definition) is 4. The van der Waals surface area contributed by atoms with Gasteiger partial charge in [0.15, 0.2) is 5.82 Å². The van der Waals surface area contributed by atoms with Crippen molar-refractivity contribution < 1.29 is 4.74 Å². The average Bonchev–Trinajstić information content (AvgIpc) is 2.32. The molecule has 0 unspecified atom stereocenters. The third-order valence-corrected chi connectivity index (χ3v) is 2.55. The largest absolute Gasteiger partial charge is 0.497 e. The summed E-state index contributed by atoms with van der Waals surface area (Å²) in [7, 11) is 1.59. The Morgan fingerprint density at radius 1 is 1.24 bits per heavy atom. The minimum absolute atomic E-state index is 0.314. The van der Waals surface area contributed by atoms with Crippen LogP contribution in [0.25, 0.3) is 0 Å². The maximum Gasteiger partial charge on any atom is 0.150 e. The molecule has 0 radical (unpaired) electrons. The number of nitrogens with zero attached hydrogens (tertiary/aromatic N) is 2. The van der Waals surface area contributed by atoms with Crippen LogP contribution in [0.5, 0.6) is 5.75 Å². The zero-order chi connectivity index (χ0) is 12.3. The fourth-order valence-corrected chi connectivity index (χ4v) is 1.58. The van der Waals surface area contributed by atoms with E-state index in [1.54, 1.807) is 31.5 Å². The Kier molecular flexibility index (Phi) is 3.66. The number of anilines is 2. The number of ether oxygens (including phenoxy) is 1. The van der Waals surface area contributed by atoms with E-state index in [0.717, 1.165) is 0 Å². The fraction of sp³-hybridized carbons (Fsp3) is 0.0909. The maximum absolute atomic E-state index is 6.04. The molecule has 0 saturated heterocycles. The van der Waals surface area contributed by atoms with Crippen LogP contribution in [0.15, 0.2) is 30.6 Å². The molecule has 1 aromatic carbocycles. The summed E-state index contributed by atoms with van der Waals surface area (Å²) in [5.74, 6) is 1.22. The average molecular weight is 270 g/mol. The van der Waals surface area contributed by atoms with Gasteiger partial charge in [0.25, 0.3) is 0 Å². The van der Waals surface area contributed by atoms with E-state index in [9.17, 15) is 0 Å². The molecule has 88 valence electrons. The van der Waals surface area contributed by atoms with Gasteiger partial charge in [0.2, 0.25) is 0 Å². The summed E-state index contributed by atoms with van der Waals surface area (Å²) in [4.78, 5) is 7.98. The van der Waals surface area contributed by atoms with E-state index in [2.05, 4.69) is 15.3 Å². The molecule has 17 heavy (non-hydrogen) atoms. The van der Waals surface area contributed by atoms with Gasteiger partial charge in [0.05, 0.1) is 30.2 Å².